The van der Waals surface area contributed by atoms with E-state index in [4.69, 9.17) is 5.73 Å². The fourth-order valence-electron chi connectivity index (χ4n) is 2.18. The Balaban J connectivity index is 1.76. The molecule has 0 saturated heterocycles. The normalized spacial score (nSPS) is 14.6. The molecular formula is C12H16N6. The Bertz CT molecular complexity index is 518. The number of nitrogens with two attached hydrogens (primary N) is 1. The highest BCUT2D eigenvalue weighted by atomic mass is 15.3. The first-order chi connectivity index (χ1) is 8.86. The molecule has 2 aromatic rings. The predicted molar refractivity (Wildman–Crippen MR) is 68.1 cm³/mol. The Morgan fingerprint density at radius 2 is 2.22 bits per heavy atom. The first-order valence-electron chi connectivity index (χ1n) is 6.13. The van der Waals surface area contributed by atoms with Gasteiger partial charge in [0.1, 0.15) is 12.1 Å². The van der Waals surface area contributed by atoms with Crippen LogP contribution >= 0.6 is 0 Å². The standard InChI is InChI=1S/C12H16N6/c13-4-3-10-1-2-11(14-7-10)17-5-6-18-9-15-16-12(18)8-17/h1-2,7,9H,3-6,8,13H2. The third-order valence-corrected chi connectivity index (χ3v) is 3.20. The van der Waals surface area contributed by atoms with Gasteiger partial charge in [0.2, 0.25) is 0 Å². The summed E-state index contributed by atoms with van der Waals surface area (Å²) in [6.45, 7) is 3.28. The zero-order chi connectivity index (χ0) is 12.4. The van der Waals surface area contributed by atoms with Crippen LogP contribution in [0.25, 0.3) is 0 Å². The highest BCUT2D eigenvalue weighted by Crippen LogP contribution is 2.17. The second-order valence-corrected chi connectivity index (χ2v) is 4.43. The molecule has 94 valence electrons. The minimum absolute atomic E-state index is 0.661. The smallest absolute Gasteiger partial charge is 0.152 e. The molecular weight excluding hydrogens is 228 g/mol. The van der Waals surface area contributed by atoms with Crippen molar-refractivity contribution >= 4 is 5.82 Å². The fourth-order valence-corrected chi connectivity index (χ4v) is 2.18. The van der Waals surface area contributed by atoms with E-state index in [1.807, 2.05) is 6.20 Å². The largest absolute Gasteiger partial charge is 0.347 e. The van der Waals surface area contributed by atoms with Crippen LogP contribution in [0, 0.1) is 0 Å². The quantitative estimate of drug-likeness (QED) is 0.834. The third kappa shape index (κ3) is 2.06. The van der Waals surface area contributed by atoms with E-state index in [2.05, 4.69) is 36.8 Å². The van der Waals surface area contributed by atoms with Crippen molar-refractivity contribution in [3.05, 3.63) is 36.0 Å². The predicted octanol–water partition coefficient (Wildman–Crippen LogP) is 0.194. The Labute approximate surface area is 105 Å². The van der Waals surface area contributed by atoms with Gasteiger partial charge in [-0.1, -0.05) is 6.07 Å². The summed E-state index contributed by atoms with van der Waals surface area (Å²) in [5.74, 6) is 1.99. The number of rotatable bonds is 3. The van der Waals surface area contributed by atoms with E-state index in [-0.39, 0.29) is 0 Å². The van der Waals surface area contributed by atoms with Gasteiger partial charge in [0.25, 0.3) is 0 Å². The van der Waals surface area contributed by atoms with E-state index in [1.165, 1.54) is 5.56 Å². The summed E-state index contributed by atoms with van der Waals surface area (Å²) in [5.41, 5.74) is 6.71. The number of hydrogen-bond donors (Lipinski definition) is 1. The molecule has 6 nitrogen and oxygen atoms in total. The molecule has 0 fully saturated rings. The average molecular weight is 244 g/mol. The first-order valence-corrected chi connectivity index (χ1v) is 6.13. The van der Waals surface area contributed by atoms with Crippen molar-refractivity contribution in [3.8, 4) is 0 Å². The van der Waals surface area contributed by atoms with Crippen LogP contribution in [0.2, 0.25) is 0 Å². The van der Waals surface area contributed by atoms with Crippen LogP contribution in [0.3, 0.4) is 0 Å². The Hall–Kier alpha value is -1.95. The van der Waals surface area contributed by atoms with Crippen LogP contribution in [0.1, 0.15) is 11.4 Å². The third-order valence-electron chi connectivity index (χ3n) is 3.20. The van der Waals surface area contributed by atoms with Gasteiger partial charge < -0.3 is 15.2 Å². The fraction of sp³-hybridized carbons (Fsp3) is 0.417. The second-order valence-electron chi connectivity index (χ2n) is 4.43. The van der Waals surface area contributed by atoms with Gasteiger partial charge in [-0.2, -0.15) is 0 Å². The molecule has 0 saturated carbocycles. The van der Waals surface area contributed by atoms with E-state index in [0.717, 1.165) is 37.7 Å². The molecule has 0 bridgehead atoms. The summed E-state index contributed by atoms with van der Waals surface area (Å²) in [6.07, 6.45) is 4.56. The van der Waals surface area contributed by atoms with Crippen LogP contribution in [0.5, 0.6) is 0 Å². The number of fused-ring (bicyclic) bond motifs is 1. The molecule has 0 spiro atoms. The van der Waals surface area contributed by atoms with Gasteiger partial charge in [0, 0.05) is 19.3 Å². The minimum Gasteiger partial charge on any atom is -0.347 e. The van der Waals surface area contributed by atoms with Crippen molar-refractivity contribution < 1.29 is 0 Å². The molecule has 0 atom stereocenters. The first kappa shape index (κ1) is 11.2. The zero-order valence-electron chi connectivity index (χ0n) is 10.2. The molecule has 18 heavy (non-hydrogen) atoms. The molecule has 3 rings (SSSR count). The van der Waals surface area contributed by atoms with Crippen LogP contribution in [0.15, 0.2) is 24.7 Å². The lowest BCUT2D eigenvalue weighted by Crippen LogP contribution is -2.34. The van der Waals surface area contributed by atoms with Crippen molar-refractivity contribution in [3.63, 3.8) is 0 Å². The second kappa shape index (κ2) is 4.73. The van der Waals surface area contributed by atoms with Gasteiger partial charge in [-0.15, -0.1) is 10.2 Å². The van der Waals surface area contributed by atoms with Gasteiger partial charge in [-0.25, -0.2) is 4.98 Å². The Morgan fingerprint density at radius 3 is 3.00 bits per heavy atom. The van der Waals surface area contributed by atoms with Crippen LogP contribution in [0.4, 0.5) is 5.82 Å². The van der Waals surface area contributed by atoms with Crippen LogP contribution in [-0.2, 0) is 19.5 Å². The van der Waals surface area contributed by atoms with Crippen LogP contribution in [-0.4, -0.2) is 32.8 Å². The van der Waals surface area contributed by atoms with Gasteiger partial charge in [0.15, 0.2) is 5.82 Å². The molecule has 2 N–H and O–H groups in total. The van der Waals surface area contributed by atoms with E-state index in [1.54, 1.807) is 6.33 Å². The van der Waals surface area contributed by atoms with Crippen molar-refractivity contribution in [2.24, 2.45) is 5.73 Å². The molecule has 0 aliphatic carbocycles. The monoisotopic (exact) mass is 244 g/mol. The molecule has 6 heteroatoms. The number of anilines is 1. The van der Waals surface area contributed by atoms with E-state index in [0.29, 0.717) is 6.54 Å². The number of aromatic nitrogens is 4. The SMILES string of the molecule is NCCc1ccc(N2CCn3cnnc3C2)nc1. The zero-order valence-corrected chi connectivity index (χ0v) is 10.2. The van der Waals surface area contributed by atoms with Gasteiger partial charge >= 0.3 is 0 Å². The Kier molecular flexibility index (Phi) is 2.93. The van der Waals surface area contributed by atoms with Crippen molar-refractivity contribution in [2.45, 2.75) is 19.5 Å². The lowest BCUT2D eigenvalue weighted by atomic mass is 10.2. The van der Waals surface area contributed by atoms with E-state index in [9.17, 15) is 0 Å². The molecule has 0 amide bonds. The van der Waals surface area contributed by atoms with E-state index >= 15 is 0 Å². The highest BCUT2D eigenvalue weighted by Gasteiger charge is 2.18. The maximum atomic E-state index is 5.53. The topological polar surface area (TPSA) is 72.9 Å². The summed E-state index contributed by atoms with van der Waals surface area (Å²) in [5, 5.41) is 8.03. The van der Waals surface area contributed by atoms with Gasteiger partial charge in [-0.3, -0.25) is 0 Å². The lowest BCUT2D eigenvalue weighted by Gasteiger charge is -2.28. The molecule has 0 radical (unpaired) electrons. The summed E-state index contributed by atoms with van der Waals surface area (Å²) in [4.78, 5) is 6.71. The minimum atomic E-state index is 0.661. The molecule has 1 aliphatic heterocycles. The number of nitrogens with zero attached hydrogens (tertiary/aromatic N) is 5. The molecule has 1 aliphatic rings. The van der Waals surface area contributed by atoms with Gasteiger partial charge in [0.05, 0.1) is 6.54 Å². The maximum Gasteiger partial charge on any atom is 0.152 e. The molecule has 0 unspecified atom stereocenters. The molecule has 3 heterocycles. The van der Waals surface area contributed by atoms with Gasteiger partial charge in [-0.05, 0) is 24.6 Å². The lowest BCUT2D eigenvalue weighted by molar-refractivity contribution is 0.556. The summed E-state index contributed by atoms with van der Waals surface area (Å²) < 4.78 is 2.08. The summed E-state index contributed by atoms with van der Waals surface area (Å²) in [7, 11) is 0. The summed E-state index contributed by atoms with van der Waals surface area (Å²) in [6, 6.07) is 4.14. The van der Waals surface area contributed by atoms with Crippen molar-refractivity contribution in [2.75, 3.05) is 18.0 Å². The van der Waals surface area contributed by atoms with E-state index < -0.39 is 0 Å². The summed E-state index contributed by atoms with van der Waals surface area (Å²) >= 11 is 0. The Morgan fingerprint density at radius 1 is 1.28 bits per heavy atom. The molecule has 0 aromatic carbocycles. The number of hydrogen-bond acceptors (Lipinski definition) is 5. The van der Waals surface area contributed by atoms with Crippen molar-refractivity contribution in [1.29, 1.82) is 0 Å². The number of pyridine rings is 1. The maximum absolute atomic E-state index is 5.53. The average Bonchev–Trinajstić information content (AvgIpc) is 2.87. The molecule has 2 aromatic heterocycles. The van der Waals surface area contributed by atoms with Crippen LogP contribution < -0.4 is 10.6 Å². The van der Waals surface area contributed by atoms with Crippen molar-refractivity contribution in [1.82, 2.24) is 19.7 Å². The highest BCUT2D eigenvalue weighted by molar-refractivity contribution is 5.40.